The number of ether oxygens (including phenoxy) is 1. The smallest absolute Gasteiger partial charge is 0.548 e. The molecular weight excluding hydrogens is 457 g/mol. The number of aliphatic carboxylic acids is 2. The third-order valence-corrected chi connectivity index (χ3v) is 5.41. The zero-order chi connectivity index (χ0) is 24.2. The van der Waals surface area contributed by atoms with Crippen molar-refractivity contribution < 1.29 is 54.1 Å². The standard InChI is InChI=1S/C26H25N3O5.Na/c1-3-34-24(26(32)33)16-12-17(27-15(2)25(30)31)14-18(13-16)28-23-19-8-4-6-10-21(19)29-22-11-7-5-9-20(22)23;/h4-15,24,27H,3H2,1-2H3,(H,28,29)(H,30,31)(H,32,33);/q;+1/p-1. The second-order valence-electron chi connectivity index (χ2n) is 7.85. The normalized spacial score (nSPS) is 12.5. The maximum Gasteiger partial charge on any atom is 1.00 e. The Morgan fingerprint density at radius 2 is 1.57 bits per heavy atom. The second kappa shape index (κ2) is 11.5. The topological polar surface area (TPSA) is 124 Å². The summed E-state index contributed by atoms with van der Waals surface area (Å²) >= 11 is 0. The SMILES string of the molecule is CCOC(C(=O)O)c1cc(Nc2c3ccccc3nc3ccccc23)cc(NC(C)C(=O)[O-])c1.[Na+]. The van der Waals surface area contributed by atoms with Crippen LogP contribution in [0, 0.1) is 0 Å². The summed E-state index contributed by atoms with van der Waals surface area (Å²) < 4.78 is 5.45. The van der Waals surface area contributed by atoms with Gasteiger partial charge in [-0.1, -0.05) is 36.4 Å². The minimum absolute atomic E-state index is 0. The molecule has 0 fully saturated rings. The van der Waals surface area contributed by atoms with Gasteiger partial charge in [-0.05, 0) is 49.7 Å². The van der Waals surface area contributed by atoms with Gasteiger partial charge in [0.2, 0.25) is 0 Å². The van der Waals surface area contributed by atoms with Gasteiger partial charge >= 0.3 is 35.5 Å². The van der Waals surface area contributed by atoms with E-state index in [-0.39, 0.29) is 36.2 Å². The molecule has 0 radical (unpaired) electrons. The van der Waals surface area contributed by atoms with E-state index in [1.807, 2.05) is 48.5 Å². The fourth-order valence-corrected chi connectivity index (χ4v) is 3.86. The molecule has 0 aliphatic carbocycles. The monoisotopic (exact) mass is 481 g/mol. The van der Waals surface area contributed by atoms with Crippen molar-refractivity contribution in [3.8, 4) is 0 Å². The van der Waals surface area contributed by atoms with Crippen LogP contribution in [-0.2, 0) is 14.3 Å². The molecule has 0 spiro atoms. The van der Waals surface area contributed by atoms with Gasteiger partial charge in [-0.3, -0.25) is 0 Å². The van der Waals surface area contributed by atoms with E-state index < -0.39 is 24.1 Å². The van der Waals surface area contributed by atoms with Crippen LogP contribution >= 0.6 is 0 Å². The van der Waals surface area contributed by atoms with Crippen LogP contribution in [0.5, 0.6) is 0 Å². The third kappa shape index (κ3) is 5.91. The summed E-state index contributed by atoms with van der Waals surface area (Å²) in [6, 6.07) is 19.4. The van der Waals surface area contributed by atoms with Gasteiger partial charge in [-0.25, -0.2) is 9.78 Å². The van der Waals surface area contributed by atoms with Gasteiger partial charge < -0.3 is 30.4 Å². The number of rotatable bonds is 9. The van der Waals surface area contributed by atoms with Crippen molar-refractivity contribution in [1.29, 1.82) is 0 Å². The Labute approximate surface area is 224 Å². The first-order valence-electron chi connectivity index (χ1n) is 10.9. The molecule has 0 aliphatic rings. The zero-order valence-corrected chi connectivity index (χ0v) is 21.7. The number of carboxylic acid groups (broad SMARTS) is 2. The van der Waals surface area contributed by atoms with Gasteiger partial charge in [0, 0.05) is 28.8 Å². The van der Waals surface area contributed by atoms with E-state index >= 15 is 0 Å². The molecule has 1 aromatic heterocycles. The first-order chi connectivity index (χ1) is 16.4. The number of hydrogen-bond acceptors (Lipinski definition) is 7. The number of nitrogens with one attached hydrogen (secondary N) is 2. The van der Waals surface area contributed by atoms with Crippen LogP contribution in [0.15, 0.2) is 66.7 Å². The molecule has 0 bridgehead atoms. The van der Waals surface area contributed by atoms with Crippen molar-refractivity contribution in [2.24, 2.45) is 0 Å². The molecule has 2 atom stereocenters. The number of pyridine rings is 1. The number of nitrogens with zero attached hydrogens (tertiary/aromatic N) is 1. The predicted molar refractivity (Wildman–Crippen MR) is 129 cm³/mol. The molecule has 174 valence electrons. The minimum Gasteiger partial charge on any atom is -0.548 e. The number of carbonyl (C=O) groups is 2. The van der Waals surface area contributed by atoms with Crippen molar-refractivity contribution in [1.82, 2.24) is 4.98 Å². The van der Waals surface area contributed by atoms with Gasteiger partial charge in [0.15, 0.2) is 6.10 Å². The van der Waals surface area contributed by atoms with Crippen molar-refractivity contribution in [2.45, 2.75) is 26.0 Å². The number of benzene rings is 3. The van der Waals surface area contributed by atoms with E-state index in [0.29, 0.717) is 16.9 Å². The number of fused-ring (bicyclic) bond motifs is 2. The van der Waals surface area contributed by atoms with Gasteiger partial charge in [0.1, 0.15) is 0 Å². The maximum absolute atomic E-state index is 11.9. The van der Waals surface area contributed by atoms with Gasteiger partial charge in [0.25, 0.3) is 0 Å². The van der Waals surface area contributed by atoms with Crippen molar-refractivity contribution in [3.63, 3.8) is 0 Å². The summed E-state index contributed by atoms with van der Waals surface area (Å²) in [5.41, 5.74) is 3.78. The second-order valence-corrected chi connectivity index (χ2v) is 7.85. The molecule has 0 saturated heterocycles. The number of para-hydroxylation sites is 2. The van der Waals surface area contributed by atoms with Gasteiger partial charge in [-0.15, -0.1) is 0 Å². The Hall–Kier alpha value is -3.17. The Morgan fingerprint density at radius 1 is 1.00 bits per heavy atom. The first kappa shape index (κ1) is 26.4. The van der Waals surface area contributed by atoms with Gasteiger partial charge in [-0.2, -0.15) is 0 Å². The fourth-order valence-electron chi connectivity index (χ4n) is 3.86. The molecule has 4 rings (SSSR count). The largest absolute Gasteiger partial charge is 1.00 e. The number of carboxylic acids is 2. The molecule has 4 aromatic rings. The fraction of sp³-hybridized carbons (Fsp3) is 0.192. The van der Waals surface area contributed by atoms with Crippen molar-refractivity contribution in [3.05, 3.63) is 72.3 Å². The van der Waals surface area contributed by atoms with E-state index in [1.165, 1.54) is 6.92 Å². The van der Waals surface area contributed by atoms with E-state index in [4.69, 9.17) is 9.72 Å². The van der Waals surface area contributed by atoms with Crippen molar-refractivity contribution in [2.75, 3.05) is 17.2 Å². The summed E-state index contributed by atoms with van der Waals surface area (Å²) in [6.45, 7) is 3.37. The molecule has 8 nitrogen and oxygen atoms in total. The predicted octanol–water partition coefficient (Wildman–Crippen LogP) is 0.848. The quantitative estimate of drug-likeness (QED) is 0.238. The summed E-state index contributed by atoms with van der Waals surface area (Å²) in [4.78, 5) is 27.9. The molecule has 35 heavy (non-hydrogen) atoms. The Morgan fingerprint density at radius 3 is 2.11 bits per heavy atom. The summed E-state index contributed by atoms with van der Waals surface area (Å²) in [5.74, 6) is -2.41. The van der Waals surface area contributed by atoms with Crippen LogP contribution in [0.3, 0.4) is 0 Å². The van der Waals surface area contributed by atoms with Gasteiger partial charge in [0.05, 0.1) is 28.7 Å². The molecule has 2 unspecified atom stereocenters. The summed E-state index contributed by atoms with van der Waals surface area (Å²) in [5, 5.41) is 29.0. The molecule has 9 heteroatoms. The molecule has 3 aromatic carbocycles. The molecular formula is C26H24N3NaO5. The van der Waals surface area contributed by atoms with Crippen LogP contribution < -0.4 is 45.3 Å². The molecule has 3 N–H and O–H groups in total. The van der Waals surface area contributed by atoms with Crippen LogP contribution in [0.1, 0.15) is 25.5 Å². The number of aromatic nitrogens is 1. The van der Waals surface area contributed by atoms with Crippen LogP contribution in [0.2, 0.25) is 0 Å². The van der Waals surface area contributed by atoms with E-state index in [1.54, 1.807) is 25.1 Å². The summed E-state index contributed by atoms with van der Waals surface area (Å²) in [7, 11) is 0. The minimum atomic E-state index is -1.27. The average Bonchev–Trinajstić information content (AvgIpc) is 2.82. The Balaban J connectivity index is 0.00000342. The number of carbonyl (C=O) groups excluding carboxylic acids is 1. The van der Waals surface area contributed by atoms with Crippen LogP contribution in [-0.4, -0.2) is 34.7 Å². The van der Waals surface area contributed by atoms with E-state index in [0.717, 1.165) is 27.5 Å². The Bertz CT molecular complexity index is 1320. The van der Waals surface area contributed by atoms with E-state index in [2.05, 4.69) is 10.6 Å². The van der Waals surface area contributed by atoms with E-state index in [9.17, 15) is 19.8 Å². The summed E-state index contributed by atoms with van der Waals surface area (Å²) in [6.07, 6.45) is -1.21. The third-order valence-electron chi connectivity index (χ3n) is 5.41. The zero-order valence-electron chi connectivity index (χ0n) is 19.7. The molecule has 0 aliphatic heterocycles. The first-order valence-corrected chi connectivity index (χ1v) is 10.9. The van der Waals surface area contributed by atoms with Crippen LogP contribution in [0.4, 0.5) is 17.1 Å². The average molecular weight is 481 g/mol. The van der Waals surface area contributed by atoms with Crippen molar-refractivity contribution >= 4 is 50.8 Å². The molecule has 0 saturated carbocycles. The number of hydrogen-bond donors (Lipinski definition) is 3. The maximum atomic E-state index is 11.9. The number of anilines is 3. The molecule has 0 amide bonds. The molecule has 1 heterocycles. The van der Waals surface area contributed by atoms with Crippen LogP contribution in [0.25, 0.3) is 21.8 Å². The Kier molecular flexibility index (Phi) is 8.69.